The van der Waals surface area contributed by atoms with Gasteiger partial charge in [0.05, 0.1) is 6.20 Å². The average molecular weight is 314 g/mol. The van der Waals surface area contributed by atoms with Crippen LogP contribution in [-0.2, 0) is 0 Å². The Morgan fingerprint density at radius 2 is 2.15 bits per heavy atom. The number of thioether (sulfide) groups is 2. The molecule has 0 saturated carbocycles. The van der Waals surface area contributed by atoms with Gasteiger partial charge in [-0.1, -0.05) is 13.8 Å². The molecule has 2 rings (SSSR count). The molecule has 1 aromatic heterocycles. The first-order valence-electron chi connectivity index (χ1n) is 7.33. The molecule has 0 bridgehead atoms. The van der Waals surface area contributed by atoms with E-state index < -0.39 is 0 Å². The van der Waals surface area contributed by atoms with E-state index in [1.54, 1.807) is 6.07 Å². The highest BCUT2D eigenvalue weighted by molar-refractivity contribution is 8.07. The highest BCUT2D eigenvalue weighted by atomic mass is 32.2. The van der Waals surface area contributed by atoms with Crippen molar-refractivity contribution in [2.45, 2.75) is 43.2 Å². The highest BCUT2D eigenvalue weighted by Crippen LogP contribution is 2.40. The lowest BCUT2D eigenvalue weighted by Crippen LogP contribution is -2.39. The third-order valence-corrected chi connectivity index (χ3v) is 6.87. The van der Waals surface area contributed by atoms with Crippen LogP contribution in [0, 0.1) is 5.82 Å². The minimum absolute atomic E-state index is 0.195. The molecule has 0 aliphatic carbocycles. The molecule has 1 aliphatic heterocycles. The molecule has 1 fully saturated rings. The molecule has 1 aromatic rings. The Hall–Kier alpha value is -0.260. The van der Waals surface area contributed by atoms with Gasteiger partial charge in [-0.2, -0.15) is 23.5 Å². The summed E-state index contributed by atoms with van der Waals surface area (Å²) in [6, 6.07) is 1.83. The molecule has 2 nitrogen and oxygen atoms in total. The smallest absolute Gasteiger partial charge is 0.141 e. The molecule has 5 heteroatoms. The van der Waals surface area contributed by atoms with Gasteiger partial charge in [-0.3, -0.25) is 4.98 Å². The fourth-order valence-electron chi connectivity index (χ4n) is 2.57. The van der Waals surface area contributed by atoms with E-state index in [9.17, 15) is 4.39 Å². The second kappa shape index (κ2) is 8.25. The minimum Gasteiger partial charge on any atom is -0.309 e. The van der Waals surface area contributed by atoms with E-state index in [1.165, 1.54) is 17.7 Å². The van der Waals surface area contributed by atoms with Crippen molar-refractivity contribution in [3.8, 4) is 0 Å². The standard InChI is InChI=1S/C15H23FN2S2/c1-3-5-18-14(11-8-12(16)10-17-9-11)15-13(4-2)19-6-7-20-15/h8-10,13-15,18H,3-7H2,1-2H3. The first-order chi connectivity index (χ1) is 9.76. The van der Waals surface area contributed by atoms with Crippen molar-refractivity contribution in [1.29, 1.82) is 0 Å². The van der Waals surface area contributed by atoms with Crippen molar-refractivity contribution in [3.63, 3.8) is 0 Å². The van der Waals surface area contributed by atoms with E-state index in [4.69, 9.17) is 0 Å². The fourth-order valence-corrected chi connectivity index (χ4v) is 5.82. The lowest BCUT2D eigenvalue weighted by Gasteiger charge is -2.36. The predicted molar refractivity (Wildman–Crippen MR) is 88.0 cm³/mol. The fraction of sp³-hybridized carbons (Fsp3) is 0.667. The first-order valence-corrected chi connectivity index (χ1v) is 9.43. The maximum absolute atomic E-state index is 13.5. The molecule has 0 aromatic carbocycles. The van der Waals surface area contributed by atoms with Crippen LogP contribution in [0.2, 0.25) is 0 Å². The molecular weight excluding hydrogens is 291 g/mol. The van der Waals surface area contributed by atoms with Crippen molar-refractivity contribution >= 4 is 23.5 Å². The zero-order valence-electron chi connectivity index (χ0n) is 12.1. The maximum atomic E-state index is 13.5. The molecule has 1 saturated heterocycles. The lowest BCUT2D eigenvalue weighted by molar-refractivity contribution is 0.492. The summed E-state index contributed by atoms with van der Waals surface area (Å²) < 4.78 is 13.5. The molecule has 0 amide bonds. The predicted octanol–water partition coefficient (Wildman–Crippen LogP) is 3.89. The Labute approximate surface area is 129 Å². The maximum Gasteiger partial charge on any atom is 0.141 e. The summed E-state index contributed by atoms with van der Waals surface area (Å²) in [7, 11) is 0. The molecule has 3 atom stereocenters. The average Bonchev–Trinajstić information content (AvgIpc) is 2.48. The second-order valence-electron chi connectivity index (χ2n) is 5.02. The van der Waals surface area contributed by atoms with Crippen molar-refractivity contribution in [1.82, 2.24) is 10.3 Å². The summed E-state index contributed by atoms with van der Waals surface area (Å²) >= 11 is 4.08. The van der Waals surface area contributed by atoms with Crippen LogP contribution in [-0.4, -0.2) is 33.5 Å². The van der Waals surface area contributed by atoms with Crippen LogP contribution in [0.3, 0.4) is 0 Å². The van der Waals surface area contributed by atoms with E-state index in [0.29, 0.717) is 10.5 Å². The molecule has 0 spiro atoms. The topological polar surface area (TPSA) is 24.9 Å². The van der Waals surface area contributed by atoms with Crippen molar-refractivity contribution in [2.75, 3.05) is 18.1 Å². The van der Waals surface area contributed by atoms with Gasteiger partial charge >= 0.3 is 0 Å². The number of pyridine rings is 1. The van der Waals surface area contributed by atoms with Gasteiger partial charge in [-0.25, -0.2) is 4.39 Å². The van der Waals surface area contributed by atoms with Gasteiger partial charge in [0, 0.05) is 34.2 Å². The monoisotopic (exact) mass is 314 g/mol. The largest absolute Gasteiger partial charge is 0.309 e. The van der Waals surface area contributed by atoms with Crippen molar-refractivity contribution in [2.24, 2.45) is 0 Å². The second-order valence-corrected chi connectivity index (χ2v) is 7.65. The van der Waals surface area contributed by atoms with Gasteiger partial charge in [0.1, 0.15) is 5.82 Å². The number of hydrogen-bond donors (Lipinski definition) is 1. The van der Waals surface area contributed by atoms with Crippen LogP contribution in [0.25, 0.3) is 0 Å². The molecule has 112 valence electrons. The van der Waals surface area contributed by atoms with Gasteiger partial charge in [0.15, 0.2) is 0 Å². The van der Waals surface area contributed by atoms with E-state index in [2.05, 4.69) is 35.9 Å². The van der Waals surface area contributed by atoms with E-state index in [-0.39, 0.29) is 11.9 Å². The van der Waals surface area contributed by atoms with Gasteiger partial charge in [0.2, 0.25) is 0 Å². The third kappa shape index (κ3) is 4.12. The Bertz CT molecular complexity index is 417. The first kappa shape index (κ1) is 16.1. The van der Waals surface area contributed by atoms with Crippen LogP contribution in [0.5, 0.6) is 0 Å². The molecule has 0 radical (unpaired) electrons. The molecule has 3 unspecified atom stereocenters. The number of aromatic nitrogens is 1. The Morgan fingerprint density at radius 3 is 2.85 bits per heavy atom. The number of nitrogens with zero attached hydrogens (tertiary/aromatic N) is 1. The number of nitrogens with one attached hydrogen (secondary N) is 1. The van der Waals surface area contributed by atoms with Crippen LogP contribution < -0.4 is 5.32 Å². The van der Waals surface area contributed by atoms with Crippen LogP contribution in [0.1, 0.15) is 38.3 Å². The molecular formula is C15H23FN2S2. The van der Waals surface area contributed by atoms with E-state index in [1.807, 2.05) is 18.0 Å². The minimum atomic E-state index is -0.243. The molecule has 20 heavy (non-hydrogen) atoms. The zero-order valence-corrected chi connectivity index (χ0v) is 13.8. The van der Waals surface area contributed by atoms with Gasteiger partial charge < -0.3 is 5.32 Å². The summed E-state index contributed by atoms with van der Waals surface area (Å²) in [5, 5.41) is 4.73. The highest BCUT2D eigenvalue weighted by Gasteiger charge is 2.32. The van der Waals surface area contributed by atoms with Crippen molar-refractivity contribution in [3.05, 3.63) is 29.8 Å². The summed E-state index contributed by atoms with van der Waals surface area (Å²) in [6.45, 7) is 5.37. The van der Waals surface area contributed by atoms with Crippen LogP contribution >= 0.6 is 23.5 Å². The molecule has 1 aliphatic rings. The zero-order chi connectivity index (χ0) is 14.4. The summed E-state index contributed by atoms with van der Waals surface area (Å²) in [5.74, 6) is 2.16. The summed E-state index contributed by atoms with van der Waals surface area (Å²) in [5.41, 5.74) is 0.983. The Kier molecular flexibility index (Phi) is 6.65. The van der Waals surface area contributed by atoms with Crippen molar-refractivity contribution < 1.29 is 4.39 Å². The molecule has 1 N–H and O–H groups in total. The van der Waals surface area contributed by atoms with E-state index in [0.717, 1.165) is 24.9 Å². The number of halogens is 1. The van der Waals surface area contributed by atoms with Crippen LogP contribution in [0.4, 0.5) is 4.39 Å². The van der Waals surface area contributed by atoms with E-state index >= 15 is 0 Å². The Morgan fingerprint density at radius 1 is 1.35 bits per heavy atom. The Balaban J connectivity index is 2.21. The van der Waals surface area contributed by atoms with Gasteiger partial charge in [-0.05, 0) is 31.0 Å². The van der Waals surface area contributed by atoms with Crippen LogP contribution in [0.15, 0.2) is 18.5 Å². The molecule has 2 heterocycles. The van der Waals surface area contributed by atoms with Gasteiger partial charge in [-0.15, -0.1) is 0 Å². The van der Waals surface area contributed by atoms with Gasteiger partial charge in [0.25, 0.3) is 0 Å². The number of hydrogen-bond acceptors (Lipinski definition) is 4. The quantitative estimate of drug-likeness (QED) is 0.861. The summed E-state index contributed by atoms with van der Waals surface area (Å²) in [4.78, 5) is 4.03. The summed E-state index contributed by atoms with van der Waals surface area (Å²) in [6.07, 6.45) is 5.33. The number of rotatable bonds is 6. The SMILES string of the molecule is CCCNC(c1cncc(F)c1)C1SCCSC1CC. The normalized spacial score (nSPS) is 24.6. The lowest BCUT2D eigenvalue weighted by atomic mass is 10.0. The third-order valence-electron chi connectivity index (χ3n) is 3.52.